The summed E-state index contributed by atoms with van der Waals surface area (Å²) in [6, 6.07) is 0.338. The minimum atomic E-state index is -0.0871. The van der Waals surface area contributed by atoms with Crippen molar-refractivity contribution in [2.24, 2.45) is 5.41 Å². The molecule has 0 radical (unpaired) electrons. The molecule has 0 bridgehead atoms. The van der Waals surface area contributed by atoms with Crippen LogP contribution in [-0.4, -0.2) is 46.4 Å². The summed E-state index contributed by atoms with van der Waals surface area (Å²) in [4.78, 5) is 22.9. The Morgan fingerprint density at radius 3 is 2.67 bits per heavy atom. The highest BCUT2D eigenvalue weighted by atomic mass is 32.1. The predicted octanol–water partition coefficient (Wildman–Crippen LogP) is 2.59. The molecule has 0 N–H and O–H groups in total. The van der Waals surface area contributed by atoms with Crippen molar-refractivity contribution in [3.8, 4) is 0 Å². The maximum atomic E-state index is 12.5. The van der Waals surface area contributed by atoms with E-state index in [-0.39, 0.29) is 5.41 Å². The van der Waals surface area contributed by atoms with Crippen LogP contribution in [0.2, 0.25) is 0 Å². The summed E-state index contributed by atoms with van der Waals surface area (Å²) in [6.45, 7) is 12.3. The van der Waals surface area contributed by atoms with Crippen LogP contribution in [0.5, 0.6) is 0 Å². The average molecular weight is 307 g/mol. The molecular weight excluding hydrogens is 282 g/mol. The Morgan fingerprint density at radius 2 is 2.10 bits per heavy atom. The van der Waals surface area contributed by atoms with E-state index in [0.717, 1.165) is 49.7 Å². The molecule has 2 aliphatic rings. The van der Waals surface area contributed by atoms with Gasteiger partial charge in [-0.05, 0) is 47.1 Å². The Balaban J connectivity index is 1.67. The molecule has 2 saturated heterocycles. The molecule has 116 valence electrons. The first-order valence-corrected chi connectivity index (χ1v) is 8.69. The first kappa shape index (κ1) is 15.0. The van der Waals surface area contributed by atoms with E-state index in [9.17, 15) is 4.79 Å². The van der Waals surface area contributed by atoms with Gasteiger partial charge in [0.25, 0.3) is 0 Å². The largest absolute Gasteiger partial charge is 0.339 e. The third-order valence-corrected chi connectivity index (χ3v) is 5.89. The average Bonchev–Trinajstić information content (AvgIpc) is 2.74. The van der Waals surface area contributed by atoms with Gasteiger partial charge in [-0.3, -0.25) is 9.69 Å². The van der Waals surface area contributed by atoms with E-state index in [1.165, 1.54) is 4.88 Å². The molecule has 5 heteroatoms. The van der Waals surface area contributed by atoms with Crippen LogP contribution in [0.1, 0.15) is 42.3 Å². The molecule has 1 amide bonds. The van der Waals surface area contributed by atoms with Gasteiger partial charge in [0.05, 0.1) is 16.1 Å². The number of β-lactam (4-membered cyclic amide) rings is 1. The fraction of sp³-hybridized carbons (Fsp3) is 0.750. The van der Waals surface area contributed by atoms with Gasteiger partial charge in [0.15, 0.2) is 0 Å². The molecular formula is C16H25N3OS. The second kappa shape index (κ2) is 5.36. The van der Waals surface area contributed by atoms with Gasteiger partial charge >= 0.3 is 0 Å². The van der Waals surface area contributed by atoms with Crippen LogP contribution in [-0.2, 0) is 11.3 Å². The molecule has 0 unspecified atom stereocenters. The number of hydrogen-bond donors (Lipinski definition) is 0. The van der Waals surface area contributed by atoms with E-state index in [4.69, 9.17) is 0 Å². The zero-order chi connectivity index (χ0) is 15.2. The summed E-state index contributed by atoms with van der Waals surface area (Å²) in [5.41, 5.74) is 1.07. The summed E-state index contributed by atoms with van der Waals surface area (Å²) in [5, 5.41) is 1.14. The van der Waals surface area contributed by atoms with E-state index in [1.807, 2.05) is 4.90 Å². The van der Waals surface area contributed by atoms with Gasteiger partial charge in [0.1, 0.15) is 0 Å². The van der Waals surface area contributed by atoms with Gasteiger partial charge in [-0.15, -0.1) is 11.3 Å². The molecule has 21 heavy (non-hydrogen) atoms. The molecule has 0 aliphatic carbocycles. The van der Waals surface area contributed by atoms with Crippen molar-refractivity contribution in [1.29, 1.82) is 0 Å². The van der Waals surface area contributed by atoms with Crippen molar-refractivity contribution in [2.45, 2.75) is 53.1 Å². The summed E-state index contributed by atoms with van der Waals surface area (Å²) in [6.07, 6.45) is 2.20. The number of rotatable bonds is 3. The Morgan fingerprint density at radius 1 is 1.33 bits per heavy atom. The number of nitrogens with zero attached hydrogens (tertiary/aromatic N) is 3. The van der Waals surface area contributed by atoms with Crippen molar-refractivity contribution >= 4 is 17.2 Å². The van der Waals surface area contributed by atoms with E-state index >= 15 is 0 Å². The number of carbonyl (C=O) groups excluding carboxylic acids is 1. The Bertz CT molecular complexity index is 554. The lowest BCUT2D eigenvalue weighted by Crippen LogP contribution is -2.68. The van der Waals surface area contributed by atoms with Crippen LogP contribution in [0.25, 0.3) is 0 Å². The standard InChI is InChI=1S/C16H25N3OS/c1-11(2)19-10-16(15(19)20)6-5-7-18(9-16)8-14-12(3)17-13(4)21-14/h11H,5-10H2,1-4H3/t16-/m1/s1. The minimum absolute atomic E-state index is 0.0871. The molecule has 1 atom stereocenters. The van der Waals surface area contributed by atoms with Crippen LogP contribution < -0.4 is 0 Å². The van der Waals surface area contributed by atoms with E-state index < -0.39 is 0 Å². The normalized spacial score (nSPS) is 26.7. The van der Waals surface area contributed by atoms with Crippen molar-refractivity contribution in [3.05, 3.63) is 15.6 Å². The van der Waals surface area contributed by atoms with Crippen molar-refractivity contribution in [3.63, 3.8) is 0 Å². The van der Waals surface area contributed by atoms with Crippen LogP contribution in [0.15, 0.2) is 0 Å². The van der Waals surface area contributed by atoms with Crippen LogP contribution in [0, 0.1) is 19.3 Å². The van der Waals surface area contributed by atoms with Gasteiger partial charge in [-0.1, -0.05) is 0 Å². The van der Waals surface area contributed by atoms with E-state index in [2.05, 4.69) is 37.6 Å². The second-order valence-electron chi connectivity index (χ2n) is 6.86. The molecule has 4 nitrogen and oxygen atoms in total. The minimum Gasteiger partial charge on any atom is -0.339 e. The number of aryl methyl sites for hydroxylation is 2. The van der Waals surface area contributed by atoms with Crippen molar-refractivity contribution in [1.82, 2.24) is 14.8 Å². The second-order valence-corrected chi connectivity index (χ2v) is 8.15. The highest BCUT2D eigenvalue weighted by molar-refractivity contribution is 7.11. The van der Waals surface area contributed by atoms with Gasteiger partial charge in [0.2, 0.25) is 5.91 Å². The Labute approximate surface area is 131 Å². The number of thiazole rings is 1. The maximum Gasteiger partial charge on any atom is 0.232 e. The first-order valence-electron chi connectivity index (χ1n) is 7.88. The Kier molecular flexibility index (Phi) is 3.82. The number of piperidine rings is 1. The summed E-state index contributed by atoms with van der Waals surface area (Å²) < 4.78 is 0. The van der Waals surface area contributed by atoms with Crippen molar-refractivity contribution in [2.75, 3.05) is 19.6 Å². The molecule has 2 aliphatic heterocycles. The Hall–Kier alpha value is -0.940. The summed E-state index contributed by atoms with van der Waals surface area (Å²) in [5.74, 6) is 0.374. The van der Waals surface area contributed by atoms with Gasteiger partial charge in [-0.25, -0.2) is 4.98 Å². The number of amides is 1. The SMILES string of the molecule is Cc1nc(C)c(CN2CCC[C@@]3(C2)CN(C(C)C)C3=O)s1. The number of likely N-dealkylation sites (tertiary alicyclic amines) is 2. The van der Waals surface area contributed by atoms with Crippen LogP contribution >= 0.6 is 11.3 Å². The lowest BCUT2D eigenvalue weighted by atomic mass is 9.71. The molecule has 0 aromatic carbocycles. The van der Waals surface area contributed by atoms with Crippen LogP contribution in [0.4, 0.5) is 0 Å². The lowest BCUT2D eigenvalue weighted by molar-refractivity contribution is -0.169. The zero-order valence-corrected chi connectivity index (χ0v) is 14.3. The summed E-state index contributed by atoms with van der Waals surface area (Å²) in [7, 11) is 0. The monoisotopic (exact) mass is 307 g/mol. The van der Waals surface area contributed by atoms with Crippen molar-refractivity contribution < 1.29 is 4.79 Å². The third kappa shape index (κ3) is 2.61. The molecule has 1 spiro atoms. The van der Waals surface area contributed by atoms with E-state index in [0.29, 0.717) is 11.9 Å². The molecule has 2 fully saturated rings. The van der Waals surface area contributed by atoms with Gasteiger partial charge < -0.3 is 4.90 Å². The van der Waals surface area contributed by atoms with E-state index in [1.54, 1.807) is 11.3 Å². The van der Waals surface area contributed by atoms with Gasteiger partial charge in [0, 0.05) is 30.6 Å². The molecule has 3 heterocycles. The topological polar surface area (TPSA) is 36.4 Å². The number of hydrogen-bond acceptors (Lipinski definition) is 4. The molecule has 0 saturated carbocycles. The quantitative estimate of drug-likeness (QED) is 0.805. The molecule has 3 rings (SSSR count). The highest BCUT2D eigenvalue weighted by Gasteiger charge is 2.54. The lowest BCUT2D eigenvalue weighted by Gasteiger charge is -2.54. The molecule has 1 aromatic heterocycles. The summed E-state index contributed by atoms with van der Waals surface area (Å²) >= 11 is 1.79. The first-order chi connectivity index (χ1) is 9.91. The highest BCUT2D eigenvalue weighted by Crippen LogP contribution is 2.41. The third-order valence-electron chi connectivity index (χ3n) is 4.83. The number of aromatic nitrogens is 1. The fourth-order valence-corrected chi connectivity index (χ4v) is 4.66. The smallest absolute Gasteiger partial charge is 0.232 e. The zero-order valence-electron chi connectivity index (χ0n) is 13.5. The molecule has 1 aromatic rings. The fourth-order valence-electron chi connectivity index (χ4n) is 3.69. The van der Waals surface area contributed by atoms with Gasteiger partial charge in [-0.2, -0.15) is 0 Å². The number of carbonyl (C=O) groups is 1. The predicted molar refractivity (Wildman–Crippen MR) is 85.4 cm³/mol. The van der Waals surface area contributed by atoms with Crippen LogP contribution in [0.3, 0.4) is 0 Å². The maximum absolute atomic E-state index is 12.5.